The van der Waals surface area contributed by atoms with E-state index in [2.05, 4.69) is 10.3 Å². The fourth-order valence-electron chi connectivity index (χ4n) is 2.38. The molecule has 1 aliphatic heterocycles. The van der Waals surface area contributed by atoms with Gasteiger partial charge in [0.2, 0.25) is 0 Å². The third kappa shape index (κ3) is 1.76. The van der Waals surface area contributed by atoms with Crippen molar-refractivity contribution in [2.24, 2.45) is 0 Å². The average molecular weight is 245 g/mol. The molecular weight excluding hydrogens is 230 g/mol. The largest absolute Gasteiger partial charge is 0.497 e. The lowest BCUT2D eigenvalue weighted by molar-refractivity contribution is 0.415. The summed E-state index contributed by atoms with van der Waals surface area (Å²) in [5.41, 5.74) is 0.706. The number of aromatic nitrogens is 2. The van der Waals surface area contributed by atoms with Crippen LogP contribution in [-0.2, 0) is 0 Å². The molecule has 1 aliphatic rings. The molecule has 2 heterocycles. The molecule has 5 heteroatoms. The summed E-state index contributed by atoms with van der Waals surface area (Å²) < 4.78 is 6.86. The summed E-state index contributed by atoms with van der Waals surface area (Å²) in [7, 11) is 1.60. The van der Waals surface area contributed by atoms with Gasteiger partial charge < -0.3 is 10.1 Å². The van der Waals surface area contributed by atoms with Crippen LogP contribution in [0.15, 0.2) is 29.3 Å². The zero-order chi connectivity index (χ0) is 12.5. The van der Waals surface area contributed by atoms with Crippen LogP contribution in [0.4, 0.5) is 0 Å². The molecular formula is C13H15N3O2. The molecule has 0 bridgehead atoms. The molecule has 0 amide bonds. The fourth-order valence-corrected chi connectivity index (χ4v) is 2.38. The van der Waals surface area contributed by atoms with Crippen LogP contribution in [0.3, 0.4) is 0 Å². The summed E-state index contributed by atoms with van der Waals surface area (Å²) in [6.45, 7) is 1.79. The lowest BCUT2D eigenvalue weighted by Gasteiger charge is -2.12. The van der Waals surface area contributed by atoms with Crippen LogP contribution in [-0.4, -0.2) is 29.8 Å². The monoisotopic (exact) mass is 245 g/mol. The first-order chi connectivity index (χ1) is 8.79. The Hall–Kier alpha value is -1.88. The minimum absolute atomic E-state index is 0.0244. The SMILES string of the molecule is COc1ccc2c(=O)n(C3CCNC3)cnc2c1. The van der Waals surface area contributed by atoms with Crippen LogP contribution in [0, 0.1) is 0 Å². The number of benzene rings is 1. The molecule has 3 rings (SSSR count). The Morgan fingerprint density at radius 2 is 2.39 bits per heavy atom. The summed E-state index contributed by atoms with van der Waals surface area (Å²) >= 11 is 0. The van der Waals surface area contributed by atoms with Gasteiger partial charge >= 0.3 is 0 Å². The molecule has 0 aliphatic carbocycles. The minimum atomic E-state index is 0.0244. The lowest BCUT2D eigenvalue weighted by atomic mass is 10.2. The first kappa shape index (κ1) is 11.2. The maximum atomic E-state index is 12.4. The highest BCUT2D eigenvalue weighted by Crippen LogP contribution is 2.18. The van der Waals surface area contributed by atoms with Crippen LogP contribution >= 0.6 is 0 Å². The van der Waals surface area contributed by atoms with Crippen LogP contribution < -0.4 is 15.6 Å². The van der Waals surface area contributed by atoms with Gasteiger partial charge in [-0.2, -0.15) is 0 Å². The molecule has 94 valence electrons. The molecule has 1 aromatic heterocycles. The molecule has 0 radical (unpaired) electrons. The fraction of sp³-hybridized carbons (Fsp3) is 0.385. The van der Waals surface area contributed by atoms with E-state index in [0.29, 0.717) is 10.9 Å². The number of ether oxygens (including phenoxy) is 1. The number of hydrogen-bond acceptors (Lipinski definition) is 4. The molecule has 1 atom stereocenters. The van der Waals surface area contributed by atoms with Gasteiger partial charge in [-0.05, 0) is 25.1 Å². The van der Waals surface area contributed by atoms with Crippen LogP contribution in [0.1, 0.15) is 12.5 Å². The Morgan fingerprint density at radius 1 is 1.50 bits per heavy atom. The second-order valence-electron chi connectivity index (χ2n) is 4.49. The van der Waals surface area contributed by atoms with Crippen LogP contribution in [0.25, 0.3) is 10.9 Å². The van der Waals surface area contributed by atoms with E-state index in [4.69, 9.17) is 4.74 Å². The van der Waals surface area contributed by atoms with E-state index in [9.17, 15) is 4.79 Å². The van der Waals surface area contributed by atoms with Gasteiger partial charge in [0.25, 0.3) is 5.56 Å². The molecule has 5 nitrogen and oxygen atoms in total. The molecule has 2 aromatic rings. The molecule has 1 aromatic carbocycles. The van der Waals surface area contributed by atoms with E-state index in [1.807, 2.05) is 0 Å². The average Bonchev–Trinajstić information content (AvgIpc) is 2.92. The van der Waals surface area contributed by atoms with Crippen molar-refractivity contribution in [2.75, 3.05) is 20.2 Å². The maximum absolute atomic E-state index is 12.4. The van der Waals surface area contributed by atoms with Gasteiger partial charge in [-0.3, -0.25) is 9.36 Å². The smallest absolute Gasteiger partial charge is 0.261 e. The topological polar surface area (TPSA) is 56.1 Å². The predicted octanol–water partition coefficient (Wildman–Crippen LogP) is 0.939. The summed E-state index contributed by atoms with van der Waals surface area (Å²) in [6, 6.07) is 5.58. The Morgan fingerprint density at radius 3 is 3.11 bits per heavy atom. The molecule has 0 spiro atoms. The number of nitrogens with one attached hydrogen (secondary N) is 1. The van der Waals surface area contributed by atoms with E-state index in [-0.39, 0.29) is 11.6 Å². The molecule has 1 saturated heterocycles. The van der Waals surface area contributed by atoms with Gasteiger partial charge in [-0.1, -0.05) is 0 Å². The minimum Gasteiger partial charge on any atom is -0.497 e. The summed E-state index contributed by atoms with van der Waals surface area (Å²) in [5.74, 6) is 0.717. The van der Waals surface area contributed by atoms with Crippen molar-refractivity contribution < 1.29 is 4.74 Å². The van der Waals surface area contributed by atoms with Crippen molar-refractivity contribution in [1.82, 2.24) is 14.9 Å². The van der Waals surface area contributed by atoms with Crippen molar-refractivity contribution >= 4 is 10.9 Å². The Bertz CT molecular complexity index is 630. The molecule has 0 saturated carbocycles. The lowest BCUT2D eigenvalue weighted by Crippen LogP contribution is -2.26. The first-order valence-electron chi connectivity index (χ1n) is 6.05. The van der Waals surface area contributed by atoms with Crippen LogP contribution in [0.2, 0.25) is 0 Å². The number of hydrogen-bond donors (Lipinski definition) is 1. The van der Waals surface area contributed by atoms with Crippen molar-refractivity contribution in [2.45, 2.75) is 12.5 Å². The molecule has 1 N–H and O–H groups in total. The number of methoxy groups -OCH3 is 1. The normalized spacial score (nSPS) is 19.3. The van der Waals surface area contributed by atoms with E-state index in [1.54, 1.807) is 36.2 Å². The summed E-state index contributed by atoms with van der Waals surface area (Å²) in [6.07, 6.45) is 2.62. The number of nitrogens with zero attached hydrogens (tertiary/aromatic N) is 2. The van der Waals surface area contributed by atoms with E-state index >= 15 is 0 Å². The predicted molar refractivity (Wildman–Crippen MR) is 69.1 cm³/mol. The number of rotatable bonds is 2. The van der Waals surface area contributed by atoms with Crippen molar-refractivity contribution in [3.8, 4) is 5.75 Å². The van der Waals surface area contributed by atoms with E-state index in [1.165, 1.54) is 0 Å². The van der Waals surface area contributed by atoms with Gasteiger partial charge in [0.15, 0.2) is 0 Å². The summed E-state index contributed by atoms with van der Waals surface area (Å²) in [5, 5.41) is 3.90. The van der Waals surface area contributed by atoms with E-state index in [0.717, 1.165) is 25.3 Å². The second-order valence-corrected chi connectivity index (χ2v) is 4.49. The van der Waals surface area contributed by atoms with Gasteiger partial charge in [-0.25, -0.2) is 4.98 Å². The third-order valence-corrected chi connectivity index (χ3v) is 3.42. The van der Waals surface area contributed by atoms with Crippen molar-refractivity contribution in [1.29, 1.82) is 0 Å². The molecule has 1 fully saturated rings. The molecule has 18 heavy (non-hydrogen) atoms. The molecule has 1 unspecified atom stereocenters. The quantitative estimate of drug-likeness (QED) is 0.855. The Kier molecular flexibility index (Phi) is 2.76. The third-order valence-electron chi connectivity index (χ3n) is 3.42. The maximum Gasteiger partial charge on any atom is 0.261 e. The van der Waals surface area contributed by atoms with Crippen molar-refractivity contribution in [3.63, 3.8) is 0 Å². The standard InChI is InChI=1S/C13H15N3O2/c1-18-10-2-3-11-12(6-10)15-8-16(13(11)17)9-4-5-14-7-9/h2-3,6,8-9,14H,4-5,7H2,1H3. The van der Waals surface area contributed by atoms with Gasteiger partial charge in [-0.15, -0.1) is 0 Å². The summed E-state index contributed by atoms with van der Waals surface area (Å²) in [4.78, 5) is 16.7. The highest BCUT2D eigenvalue weighted by atomic mass is 16.5. The van der Waals surface area contributed by atoms with Gasteiger partial charge in [0.05, 0.1) is 30.4 Å². The highest BCUT2D eigenvalue weighted by Gasteiger charge is 2.18. The number of fused-ring (bicyclic) bond motifs is 1. The Labute approximate surface area is 104 Å². The van der Waals surface area contributed by atoms with Gasteiger partial charge in [0.1, 0.15) is 5.75 Å². The van der Waals surface area contributed by atoms with Crippen LogP contribution in [0.5, 0.6) is 5.75 Å². The van der Waals surface area contributed by atoms with Crippen molar-refractivity contribution in [3.05, 3.63) is 34.9 Å². The first-order valence-corrected chi connectivity index (χ1v) is 6.05. The second kappa shape index (κ2) is 4.42. The van der Waals surface area contributed by atoms with E-state index < -0.39 is 0 Å². The highest BCUT2D eigenvalue weighted by molar-refractivity contribution is 5.78. The zero-order valence-electron chi connectivity index (χ0n) is 10.2. The zero-order valence-corrected chi connectivity index (χ0v) is 10.2. The van der Waals surface area contributed by atoms with Gasteiger partial charge in [0, 0.05) is 12.6 Å². The Balaban J connectivity index is 2.14.